The Morgan fingerprint density at radius 3 is 2.47 bits per heavy atom. The van der Waals surface area contributed by atoms with Crippen molar-refractivity contribution in [2.75, 3.05) is 13.2 Å². The molecule has 43 heavy (non-hydrogen) atoms. The third kappa shape index (κ3) is 5.55. The summed E-state index contributed by atoms with van der Waals surface area (Å²) in [4.78, 5) is 43.2. The molecular formula is C34H46N2O7. The first-order valence-corrected chi connectivity index (χ1v) is 15.8. The van der Waals surface area contributed by atoms with Crippen molar-refractivity contribution in [3.8, 4) is 0 Å². The van der Waals surface area contributed by atoms with E-state index in [1.54, 1.807) is 44.2 Å². The third-order valence-corrected chi connectivity index (χ3v) is 11.4. The van der Waals surface area contributed by atoms with Gasteiger partial charge in [-0.2, -0.15) is 0 Å². The van der Waals surface area contributed by atoms with E-state index in [-0.39, 0.29) is 23.2 Å². The number of amides is 1. The van der Waals surface area contributed by atoms with E-state index in [1.165, 1.54) is 5.57 Å². The largest absolute Gasteiger partial charge is 0.464 e. The van der Waals surface area contributed by atoms with Crippen LogP contribution < -0.4 is 5.32 Å². The van der Waals surface area contributed by atoms with Gasteiger partial charge in [-0.15, -0.1) is 0 Å². The molecule has 0 bridgehead atoms. The van der Waals surface area contributed by atoms with E-state index < -0.39 is 36.2 Å². The van der Waals surface area contributed by atoms with Crippen LogP contribution >= 0.6 is 0 Å². The van der Waals surface area contributed by atoms with E-state index in [4.69, 9.17) is 9.57 Å². The number of allylic oxidation sites excluding steroid dienone is 2. The number of rotatable bonds is 9. The van der Waals surface area contributed by atoms with Crippen LogP contribution in [0.25, 0.3) is 0 Å². The van der Waals surface area contributed by atoms with Gasteiger partial charge in [0.25, 0.3) is 5.91 Å². The third-order valence-electron chi connectivity index (χ3n) is 11.4. The molecule has 9 heteroatoms. The molecule has 3 N–H and O–H groups in total. The maximum atomic E-state index is 12.7. The number of esters is 1. The van der Waals surface area contributed by atoms with Crippen LogP contribution in [-0.2, 0) is 24.0 Å². The van der Waals surface area contributed by atoms with Crippen LogP contribution in [0.2, 0.25) is 0 Å². The van der Waals surface area contributed by atoms with Gasteiger partial charge in [0.15, 0.2) is 18.4 Å². The first-order valence-electron chi connectivity index (χ1n) is 15.8. The molecule has 5 unspecified atom stereocenters. The molecule has 9 nitrogen and oxygen atoms in total. The summed E-state index contributed by atoms with van der Waals surface area (Å²) in [5, 5.41) is 29.0. The van der Waals surface area contributed by atoms with E-state index in [0.717, 1.165) is 50.7 Å². The van der Waals surface area contributed by atoms with Gasteiger partial charge in [0.05, 0.1) is 12.3 Å². The Balaban J connectivity index is 1.22. The van der Waals surface area contributed by atoms with Crippen LogP contribution in [-0.4, -0.2) is 58.4 Å². The lowest BCUT2D eigenvalue weighted by Crippen LogP contribution is -2.57. The molecule has 0 heterocycles. The Bertz CT molecular complexity index is 1290. The predicted molar refractivity (Wildman–Crippen MR) is 161 cm³/mol. The number of hydrogen-bond acceptors (Lipinski definition) is 8. The summed E-state index contributed by atoms with van der Waals surface area (Å²) in [5.41, 5.74) is 1.13. The zero-order valence-electron chi connectivity index (χ0n) is 25.8. The van der Waals surface area contributed by atoms with Crippen molar-refractivity contribution in [1.29, 1.82) is 0 Å². The number of hydrogen-bond donors (Lipinski definition) is 3. The summed E-state index contributed by atoms with van der Waals surface area (Å²) in [7, 11) is 0. The normalized spacial score (nSPS) is 35.4. The minimum Gasteiger partial charge on any atom is -0.464 e. The first kappa shape index (κ1) is 31.4. The fourth-order valence-corrected chi connectivity index (χ4v) is 8.97. The molecule has 3 fully saturated rings. The Hall–Kier alpha value is -3.04. The lowest BCUT2D eigenvalue weighted by molar-refractivity contribution is -0.159. The maximum absolute atomic E-state index is 12.7. The molecule has 0 aliphatic heterocycles. The highest BCUT2D eigenvalue weighted by molar-refractivity contribution is 5.96. The highest BCUT2D eigenvalue weighted by Crippen LogP contribution is 2.67. The number of carbonyl (C=O) groups excluding carboxylic acids is 3. The Morgan fingerprint density at radius 2 is 1.77 bits per heavy atom. The van der Waals surface area contributed by atoms with Crippen LogP contribution in [0.3, 0.4) is 0 Å². The molecule has 4 aliphatic carbocycles. The summed E-state index contributed by atoms with van der Waals surface area (Å²) in [6.45, 7) is 7.44. The van der Waals surface area contributed by atoms with Gasteiger partial charge in [-0.3, -0.25) is 9.59 Å². The Labute approximate surface area is 254 Å². The number of nitrogens with one attached hydrogen (secondary N) is 1. The van der Waals surface area contributed by atoms with E-state index in [1.807, 2.05) is 0 Å². The van der Waals surface area contributed by atoms with Crippen molar-refractivity contribution in [2.45, 2.75) is 96.8 Å². The fraction of sp³-hybridized carbons (Fsp3) is 0.647. The number of nitrogens with zero attached hydrogens (tertiary/aromatic N) is 1. The van der Waals surface area contributed by atoms with Crippen LogP contribution in [0.1, 0.15) is 90.7 Å². The maximum Gasteiger partial charge on any atom is 0.331 e. The van der Waals surface area contributed by atoms with Gasteiger partial charge >= 0.3 is 5.97 Å². The smallest absolute Gasteiger partial charge is 0.331 e. The number of Topliss-reactive ketones (excluding diaryl/α,β-unsaturated/α-hetero) is 1. The van der Waals surface area contributed by atoms with Crippen molar-refractivity contribution >= 4 is 23.4 Å². The zero-order chi connectivity index (χ0) is 31.0. The summed E-state index contributed by atoms with van der Waals surface area (Å²) >= 11 is 0. The monoisotopic (exact) mass is 594 g/mol. The highest BCUT2D eigenvalue weighted by atomic mass is 16.6. The zero-order valence-corrected chi connectivity index (χ0v) is 25.8. The van der Waals surface area contributed by atoms with E-state index in [0.29, 0.717) is 29.7 Å². The number of benzene rings is 1. The van der Waals surface area contributed by atoms with Gasteiger partial charge in [-0.1, -0.05) is 54.9 Å². The highest BCUT2D eigenvalue weighted by Gasteiger charge is 2.65. The average Bonchev–Trinajstić information content (AvgIpc) is 3.27. The summed E-state index contributed by atoms with van der Waals surface area (Å²) in [5.74, 6) is -0.0466. The van der Waals surface area contributed by atoms with E-state index in [9.17, 15) is 24.6 Å². The molecule has 1 amide bonds. The number of aliphatic hydroxyl groups excluding tert-OH is 1. The standard InChI is InChI=1S/C34H46N2O7/c1-5-42-31(40)29(30(39)22-9-7-6-8-10-22)35-28(38)20-43-36-24-13-16-32(3)23(19-24)11-12-25-26(32)14-17-33(4)27(25)15-18-34(33,41)21(2)37/h6-10,19,25-27,29-30,39,41H,5,11-18,20H2,1-4H3,(H,35,38)/t25?,26?,27?,29?,30?,32-,33-,34-/m0/s1. The molecular weight excluding hydrogens is 548 g/mol. The number of carbonyl (C=O) groups is 3. The molecule has 1 aromatic carbocycles. The molecule has 1 aromatic rings. The average molecular weight is 595 g/mol. The summed E-state index contributed by atoms with van der Waals surface area (Å²) < 4.78 is 5.08. The minimum absolute atomic E-state index is 0.0397. The number of ketones is 1. The van der Waals surface area contributed by atoms with E-state index >= 15 is 0 Å². The van der Waals surface area contributed by atoms with Crippen molar-refractivity contribution in [1.82, 2.24) is 5.32 Å². The number of fused-ring (bicyclic) bond motifs is 5. The second-order valence-electron chi connectivity index (χ2n) is 13.4. The van der Waals surface area contributed by atoms with Gasteiger partial charge in [-0.05, 0) is 100 Å². The van der Waals surface area contributed by atoms with Gasteiger partial charge in [0.1, 0.15) is 11.7 Å². The summed E-state index contributed by atoms with van der Waals surface area (Å²) in [6.07, 6.45) is 7.84. The van der Waals surface area contributed by atoms with Crippen LogP contribution in [0.15, 0.2) is 47.1 Å². The van der Waals surface area contributed by atoms with Gasteiger partial charge in [0.2, 0.25) is 0 Å². The molecule has 0 saturated heterocycles. The number of aliphatic hydroxyl groups is 2. The molecule has 3 saturated carbocycles. The molecule has 0 radical (unpaired) electrons. The lowest BCUT2D eigenvalue weighted by Gasteiger charge is -2.59. The van der Waals surface area contributed by atoms with Crippen LogP contribution in [0, 0.1) is 28.6 Å². The molecule has 0 spiro atoms. The van der Waals surface area contributed by atoms with Crippen molar-refractivity contribution in [3.63, 3.8) is 0 Å². The topological polar surface area (TPSA) is 135 Å². The second-order valence-corrected chi connectivity index (χ2v) is 13.4. The molecule has 5 rings (SSSR count). The predicted octanol–water partition coefficient (Wildman–Crippen LogP) is 4.42. The molecule has 8 atom stereocenters. The number of oxime groups is 1. The van der Waals surface area contributed by atoms with Crippen molar-refractivity contribution < 1.29 is 34.2 Å². The SMILES string of the molecule is CCOC(=O)C(NC(=O)CON=C1C=C2CCC3C(CC[C@@]4(C)C3CC[C@]4(O)C(C)=O)[C@@]2(C)CC1)C(O)c1ccccc1. The van der Waals surface area contributed by atoms with Gasteiger partial charge in [0, 0.05) is 5.41 Å². The quantitative estimate of drug-likeness (QED) is 0.285. The number of ether oxygens (including phenoxy) is 1. The Kier molecular flexibility index (Phi) is 8.87. The molecule has 234 valence electrons. The van der Waals surface area contributed by atoms with Crippen molar-refractivity contribution in [3.05, 3.63) is 47.5 Å². The van der Waals surface area contributed by atoms with Crippen LogP contribution in [0.4, 0.5) is 0 Å². The van der Waals surface area contributed by atoms with Crippen molar-refractivity contribution in [2.24, 2.45) is 33.7 Å². The van der Waals surface area contributed by atoms with E-state index in [2.05, 4.69) is 30.4 Å². The fourth-order valence-electron chi connectivity index (χ4n) is 8.97. The second kappa shape index (κ2) is 12.2. The summed E-state index contributed by atoms with van der Waals surface area (Å²) in [6, 6.07) is 7.36. The molecule has 4 aliphatic rings. The Morgan fingerprint density at radius 1 is 1.05 bits per heavy atom. The first-order chi connectivity index (χ1) is 20.4. The van der Waals surface area contributed by atoms with Crippen LogP contribution in [0.5, 0.6) is 0 Å². The van der Waals surface area contributed by atoms with Gasteiger partial charge in [-0.25, -0.2) is 4.79 Å². The minimum atomic E-state index is -1.28. The lowest BCUT2D eigenvalue weighted by atomic mass is 9.46. The van der Waals surface area contributed by atoms with Gasteiger partial charge < -0.3 is 25.1 Å². The molecule has 0 aromatic heterocycles.